The molecule has 7 heteroatoms. The van der Waals surface area contributed by atoms with E-state index < -0.39 is 6.04 Å². The van der Waals surface area contributed by atoms with Crippen molar-refractivity contribution in [1.29, 1.82) is 0 Å². The topological polar surface area (TPSA) is 123 Å². The minimum Gasteiger partial charge on any atom is -0.370 e. The summed E-state index contributed by atoms with van der Waals surface area (Å²) in [7, 11) is 0. The number of aliphatic imine (C=N–C) groups is 1. The summed E-state index contributed by atoms with van der Waals surface area (Å²) in [4.78, 5) is 15.3. The van der Waals surface area contributed by atoms with Crippen molar-refractivity contribution in [3.63, 3.8) is 0 Å². The molecular formula is C9H20N6O. The van der Waals surface area contributed by atoms with E-state index in [1.54, 1.807) is 0 Å². The molecule has 1 rings (SSSR count). The number of rotatable bonds is 6. The van der Waals surface area contributed by atoms with Gasteiger partial charge in [-0.05, 0) is 19.3 Å². The van der Waals surface area contributed by atoms with E-state index in [1.807, 2.05) is 5.01 Å². The van der Waals surface area contributed by atoms with Crippen molar-refractivity contribution in [2.75, 3.05) is 19.6 Å². The molecule has 1 aliphatic heterocycles. The van der Waals surface area contributed by atoms with Gasteiger partial charge < -0.3 is 17.2 Å². The number of carbonyl (C=O) groups is 1. The average Bonchev–Trinajstić information content (AvgIpc) is 2.17. The normalized spacial score (nSPS) is 17.3. The van der Waals surface area contributed by atoms with Gasteiger partial charge >= 0.3 is 0 Å². The monoisotopic (exact) mass is 228 g/mol. The molecule has 1 heterocycles. The summed E-state index contributed by atoms with van der Waals surface area (Å²) >= 11 is 0. The fraction of sp³-hybridized carbons (Fsp3) is 0.778. The van der Waals surface area contributed by atoms with Gasteiger partial charge in [-0.2, -0.15) is 0 Å². The molecule has 0 saturated carbocycles. The highest BCUT2D eigenvalue weighted by Crippen LogP contribution is 2.02. The van der Waals surface area contributed by atoms with Crippen molar-refractivity contribution in [3.8, 4) is 0 Å². The van der Waals surface area contributed by atoms with E-state index in [9.17, 15) is 4.79 Å². The number of nitrogens with two attached hydrogens (primary N) is 3. The minimum atomic E-state index is -0.491. The Bertz CT molecular complexity index is 259. The molecule has 0 radical (unpaired) electrons. The highest BCUT2D eigenvalue weighted by Gasteiger charge is 2.19. The molecule has 92 valence electrons. The lowest BCUT2D eigenvalue weighted by Gasteiger charge is -2.31. The van der Waals surface area contributed by atoms with Crippen LogP contribution in [0.15, 0.2) is 4.99 Å². The summed E-state index contributed by atoms with van der Waals surface area (Å²) < 4.78 is 0. The molecule has 0 aromatic rings. The van der Waals surface area contributed by atoms with E-state index in [0.29, 0.717) is 19.4 Å². The van der Waals surface area contributed by atoms with Crippen LogP contribution in [0.25, 0.3) is 0 Å². The van der Waals surface area contributed by atoms with Gasteiger partial charge in [0.25, 0.3) is 5.91 Å². The predicted molar refractivity (Wildman–Crippen MR) is 62.2 cm³/mol. The van der Waals surface area contributed by atoms with Crippen LogP contribution in [-0.2, 0) is 4.79 Å². The number of hydrogen-bond donors (Lipinski definition) is 4. The third-order valence-electron chi connectivity index (χ3n) is 2.43. The molecule has 0 aliphatic carbocycles. The van der Waals surface area contributed by atoms with Crippen LogP contribution in [0.1, 0.15) is 19.3 Å². The predicted octanol–water partition coefficient (Wildman–Crippen LogP) is -1.90. The number of carbonyl (C=O) groups excluding carboxylic acids is 1. The van der Waals surface area contributed by atoms with Gasteiger partial charge in [0, 0.05) is 19.6 Å². The maximum Gasteiger partial charge on any atom is 0.251 e. The summed E-state index contributed by atoms with van der Waals surface area (Å²) in [5.74, 6) is -0.0667. The van der Waals surface area contributed by atoms with Crippen LogP contribution < -0.4 is 22.6 Å². The Hall–Kier alpha value is -1.34. The Balaban J connectivity index is 2.10. The van der Waals surface area contributed by atoms with Gasteiger partial charge in [0.15, 0.2) is 5.96 Å². The zero-order chi connectivity index (χ0) is 12.0. The Labute approximate surface area is 95.0 Å². The number of nitrogens with zero attached hydrogens (tertiary/aromatic N) is 2. The maximum absolute atomic E-state index is 11.5. The smallest absolute Gasteiger partial charge is 0.251 e. The quantitative estimate of drug-likeness (QED) is 0.240. The summed E-state index contributed by atoms with van der Waals surface area (Å²) in [6, 6.07) is -0.491. The first-order chi connectivity index (χ1) is 7.59. The van der Waals surface area contributed by atoms with Gasteiger partial charge in [0.05, 0.1) is 6.04 Å². The molecule has 7 nitrogen and oxygen atoms in total. The molecular weight excluding hydrogens is 208 g/mol. The number of nitrogens with one attached hydrogen (secondary N) is 1. The molecule has 0 spiro atoms. The largest absolute Gasteiger partial charge is 0.370 e. The van der Waals surface area contributed by atoms with E-state index in [-0.39, 0.29) is 11.9 Å². The van der Waals surface area contributed by atoms with Crippen LogP contribution >= 0.6 is 0 Å². The molecule has 1 atom stereocenters. The number of hydrazine groups is 1. The van der Waals surface area contributed by atoms with Crippen molar-refractivity contribution in [2.45, 2.75) is 25.3 Å². The maximum atomic E-state index is 11.5. The molecule has 0 unspecified atom stereocenters. The number of guanidine groups is 1. The van der Waals surface area contributed by atoms with Crippen molar-refractivity contribution in [3.05, 3.63) is 0 Å². The molecule has 0 bridgehead atoms. The third kappa shape index (κ3) is 4.45. The van der Waals surface area contributed by atoms with Gasteiger partial charge in [0.2, 0.25) is 0 Å². The number of hydrogen-bond acceptors (Lipinski definition) is 4. The van der Waals surface area contributed by atoms with Crippen LogP contribution in [0, 0.1) is 0 Å². The SMILES string of the molecule is NC(N)=NCCC[C@@H](N)C(=O)NN1CCC1. The zero-order valence-electron chi connectivity index (χ0n) is 9.35. The molecule has 0 aromatic heterocycles. The standard InChI is InChI=1S/C9H20N6O/c10-7(3-1-4-13-9(11)12)8(16)14-15-5-2-6-15/h7H,1-6,10H2,(H,14,16)(H4,11,12,13)/t7-/m1/s1. The minimum absolute atomic E-state index is 0.0682. The van der Waals surface area contributed by atoms with Crippen LogP contribution in [0.2, 0.25) is 0 Å². The summed E-state index contributed by atoms with van der Waals surface area (Å²) in [6.07, 6.45) is 2.41. The van der Waals surface area contributed by atoms with Crippen LogP contribution in [0.5, 0.6) is 0 Å². The number of amides is 1. The molecule has 1 amide bonds. The lowest BCUT2D eigenvalue weighted by molar-refractivity contribution is -0.129. The molecule has 16 heavy (non-hydrogen) atoms. The molecule has 0 aromatic carbocycles. The highest BCUT2D eigenvalue weighted by molar-refractivity contribution is 5.81. The van der Waals surface area contributed by atoms with Crippen molar-refractivity contribution in [2.24, 2.45) is 22.2 Å². The molecule has 1 saturated heterocycles. The summed E-state index contributed by atoms with van der Waals surface area (Å²) in [6.45, 7) is 2.33. The Morgan fingerprint density at radius 3 is 2.62 bits per heavy atom. The van der Waals surface area contributed by atoms with Crippen LogP contribution in [0.3, 0.4) is 0 Å². The average molecular weight is 228 g/mol. The van der Waals surface area contributed by atoms with Gasteiger partial charge in [-0.15, -0.1) is 0 Å². The fourth-order valence-electron chi connectivity index (χ4n) is 1.32. The van der Waals surface area contributed by atoms with Gasteiger partial charge in [-0.3, -0.25) is 15.2 Å². The lowest BCUT2D eigenvalue weighted by atomic mass is 10.1. The van der Waals surface area contributed by atoms with Gasteiger partial charge in [0.1, 0.15) is 0 Å². The fourth-order valence-corrected chi connectivity index (χ4v) is 1.32. The Kier molecular flexibility index (Phi) is 5.00. The molecule has 7 N–H and O–H groups in total. The second-order valence-corrected chi connectivity index (χ2v) is 3.87. The van der Waals surface area contributed by atoms with Crippen molar-refractivity contribution < 1.29 is 4.79 Å². The Morgan fingerprint density at radius 2 is 2.12 bits per heavy atom. The van der Waals surface area contributed by atoms with E-state index in [0.717, 1.165) is 19.5 Å². The molecule has 1 aliphatic rings. The first-order valence-electron chi connectivity index (χ1n) is 5.46. The molecule has 1 fully saturated rings. The first kappa shape index (κ1) is 12.7. The summed E-state index contributed by atoms with van der Waals surface area (Å²) in [5, 5.41) is 1.86. The van der Waals surface area contributed by atoms with E-state index in [4.69, 9.17) is 17.2 Å². The highest BCUT2D eigenvalue weighted by atomic mass is 16.2. The second kappa shape index (κ2) is 6.29. The van der Waals surface area contributed by atoms with Crippen LogP contribution in [-0.4, -0.2) is 42.6 Å². The van der Waals surface area contributed by atoms with Gasteiger partial charge in [-0.25, -0.2) is 5.01 Å². The van der Waals surface area contributed by atoms with E-state index in [1.165, 1.54) is 0 Å². The zero-order valence-corrected chi connectivity index (χ0v) is 9.35. The van der Waals surface area contributed by atoms with E-state index in [2.05, 4.69) is 10.4 Å². The Morgan fingerprint density at radius 1 is 1.44 bits per heavy atom. The lowest BCUT2D eigenvalue weighted by Crippen LogP contribution is -2.54. The van der Waals surface area contributed by atoms with Crippen LogP contribution in [0.4, 0.5) is 0 Å². The third-order valence-corrected chi connectivity index (χ3v) is 2.43. The second-order valence-electron chi connectivity index (χ2n) is 3.87. The van der Waals surface area contributed by atoms with Crippen molar-refractivity contribution >= 4 is 11.9 Å². The van der Waals surface area contributed by atoms with E-state index >= 15 is 0 Å². The van der Waals surface area contributed by atoms with Crippen molar-refractivity contribution in [1.82, 2.24) is 10.4 Å². The van der Waals surface area contributed by atoms with Gasteiger partial charge in [-0.1, -0.05) is 0 Å². The first-order valence-corrected chi connectivity index (χ1v) is 5.46. The summed E-state index contributed by atoms with van der Waals surface area (Å²) in [5.41, 5.74) is 18.8.